The van der Waals surface area contributed by atoms with Crippen molar-refractivity contribution in [3.63, 3.8) is 0 Å². The maximum absolute atomic E-state index is 11.1. The first-order valence-corrected chi connectivity index (χ1v) is 7.35. The molecule has 0 aliphatic heterocycles. The van der Waals surface area contributed by atoms with Gasteiger partial charge in [0, 0.05) is 10.8 Å². The maximum Gasteiger partial charge on any atom is 0.344 e. The van der Waals surface area contributed by atoms with Crippen molar-refractivity contribution in [2.24, 2.45) is 5.90 Å². The number of aliphatic carboxylic acids is 1. The maximum atomic E-state index is 11.1. The van der Waals surface area contributed by atoms with E-state index < -0.39 is 12.1 Å². The quantitative estimate of drug-likeness (QED) is 0.557. The zero-order valence-electron chi connectivity index (χ0n) is 12.7. The van der Waals surface area contributed by atoms with Gasteiger partial charge >= 0.3 is 5.97 Å². The van der Waals surface area contributed by atoms with Gasteiger partial charge in [-0.25, -0.2) is 4.79 Å². The second-order valence-corrected chi connectivity index (χ2v) is 5.28. The Hall–Kier alpha value is -2.79. The minimum Gasteiger partial charge on any atom is -0.479 e. The largest absolute Gasteiger partial charge is 0.479 e. The summed E-state index contributed by atoms with van der Waals surface area (Å²) in [5.74, 6) is 5.51. The minimum atomic E-state index is -0.985. The average Bonchev–Trinajstić information content (AvgIpc) is 2.57. The Kier molecular flexibility index (Phi) is 4.04. The number of rotatable bonds is 5. The number of hydrogen-bond donors (Lipinski definition) is 2. The highest BCUT2D eigenvalue weighted by Crippen LogP contribution is 2.36. The van der Waals surface area contributed by atoms with Crippen LogP contribution in [-0.4, -0.2) is 17.2 Å². The predicted molar refractivity (Wildman–Crippen MR) is 88.6 cm³/mol. The van der Waals surface area contributed by atoms with Crippen LogP contribution >= 0.6 is 0 Å². The van der Waals surface area contributed by atoms with E-state index in [1.54, 1.807) is 19.1 Å². The van der Waals surface area contributed by atoms with Gasteiger partial charge in [-0.15, -0.1) is 0 Å². The fourth-order valence-corrected chi connectivity index (χ4v) is 2.67. The third-order valence-electron chi connectivity index (χ3n) is 3.83. The smallest absolute Gasteiger partial charge is 0.344 e. The highest BCUT2D eigenvalue weighted by atomic mass is 16.6. The fraction of sp³-hybridized carbons (Fsp3) is 0.167. The zero-order valence-corrected chi connectivity index (χ0v) is 12.7. The summed E-state index contributed by atoms with van der Waals surface area (Å²) in [6.45, 7) is 1.77. The van der Waals surface area contributed by atoms with Crippen molar-refractivity contribution >= 4 is 27.5 Å². The van der Waals surface area contributed by atoms with E-state index in [2.05, 4.69) is 0 Å². The van der Waals surface area contributed by atoms with Gasteiger partial charge in [-0.2, -0.15) is 5.90 Å². The molecule has 0 radical (unpaired) electrons. The lowest BCUT2D eigenvalue weighted by Crippen LogP contribution is -2.25. The first kappa shape index (κ1) is 15.1. The summed E-state index contributed by atoms with van der Waals surface area (Å²) in [6, 6.07) is 15.2. The van der Waals surface area contributed by atoms with Gasteiger partial charge in [-0.3, -0.25) is 0 Å². The summed E-state index contributed by atoms with van der Waals surface area (Å²) in [4.78, 5) is 16.2. The number of carboxylic acids is 1. The monoisotopic (exact) mass is 311 g/mol. The summed E-state index contributed by atoms with van der Waals surface area (Å²) in [5, 5.41) is 12.8. The van der Waals surface area contributed by atoms with Crippen LogP contribution in [0, 0.1) is 0 Å². The van der Waals surface area contributed by atoms with Gasteiger partial charge in [-0.1, -0.05) is 37.3 Å². The summed E-state index contributed by atoms with van der Waals surface area (Å²) < 4.78 is 5.55. The van der Waals surface area contributed by atoms with Crippen LogP contribution in [0.15, 0.2) is 48.5 Å². The number of carbonyl (C=O) groups is 1. The highest BCUT2D eigenvalue weighted by Gasteiger charge is 2.17. The van der Waals surface area contributed by atoms with Crippen molar-refractivity contribution in [2.75, 3.05) is 0 Å². The second kappa shape index (κ2) is 6.14. The van der Waals surface area contributed by atoms with Gasteiger partial charge in [0.05, 0.1) is 0 Å². The molecule has 1 atom stereocenters. The molecular formula is C18H17NO4. The molecule has 0 spiro atoms. The van der Waals surface area contributed by atoms with Crippen molar-refractivity contribution in [3.8, 4) is 11.5 Å². The number of benzene rings is 3. The molecule has 0 amide bonds. The van der Waals surface area contributed by atoms with Crippen molar-refractivity contribution in [1.82, 2.24) is 0 Å². The molecule has 3 aromatic rings. The molecule has 118 valence electrons. The lowest BCUT2D eigenvalue weighted by molar-refractivity contribution is -0.145. The number of fused-ring (bicyclic) bond motifs is 2. The molecule has 5 heteroatoms. The van der Waals surface area contributed by atoms with E-state index >= 15 is 0 Å². The van der Waals surface area contributed by atoms with Crippen LogP contribution in [0.3, 0.4) is 0 Å². The van der Waals surface area contributed by atoms with Crippen LogP contribution in [0.1, 0.15) is 13.3 Å². The molecule has 0 aromatic heterocycles. The zero-order chi connectivity index (χ0) is 16.4. The Balaban J connectivity index is 2.14. The molecular weight excluding hydrogens is 294 g/mol. The third-order valence-corrected chi connectivity index (χ3v) is 3.83. The van der Waals surface area contributed by atoms with E-state index in [0.29, 0.717) is 17.9 Å². The average molecular weight is 311 g/mol. The van der Waals surface area contributed by atoms with Crippen molar-refractivity contribution in [3.05, 3.63) is 48.5 Å². The number of carboxylic acid groups (broad SMARTS) is 1. The summed E-state index contributed by atoms with van der Waals surface area (Å²) in [6.07, 6.45) is -0.499. The summed E-state index contributed by atoms with van der Waals surface area (Å²) in [5.41, 5.74) is 0. The number of nitrogens with two attached hydrogens (primary N) is 1. The van der Waals surface area contributed by atoms with Crippen LogP contribution in [0.2, 0.25) is 0 Å². The van der Waals surface area contributed by atoms with Crippen LogP contribution in [0.4, 0.5) is 0 Å². The van der Waals surface area contributed by atoms with Gasteiger partial charge in [-0.05, 0) is 35.4 Å². The molecule has 0 aliphatic rings. The van der Waals surface area contributed by atoms with Crippen LogP contribution in [0.5, 0.6) is 11.5 Å². The molecule has 0 bridgehead atoms. The van der Waals surface area contributed by atoms with E-state index in [1.807, 2.05) is 36.4 Å². The SMILES string of the molecule is CCC(Oc1ccc2cc3ccccc3c(ON)c2c1)C(=O)O. The fourth-order valence-electron chi connectivity index (χ4n) is 2.67. The second-order valence-electron chi connectivity index (χ2n) is 5.28. The van der Waals surface area contributed by atoms with E-state index in [9.17, 15) is 4.79 Å². The third kappa shape index (κ3) is 2.78. The van der Waals surface area contributed by atoms with E-state index in [0.717, 1.165) is 21.5 Å². The van der Waals surface area contributed by atoms with Gasteiger partial charge in [0.1, 0.15) is 5.75 Å². The highest BCUT2D eigenvalue weighted by molar-refractivity contribution is 6.05. The molecule has 3 aromatic carbocycles. The molecule has 5 nitrogen and oxygen atoms in total. The van der Waals surface area contributed by atoms with E-state index in [1.165, 1.54) is 0 Å². The predicted octanol–water partition coefficient (Wildman–Crippen LogP) is 3.49. The number of ether oxygens (including phenoxy) is 1. The van der Waals surface area contributed by atoms with E-state index in [-0.39, 0.29) is 0 Å². The van der Waals surface area contributed by atoms with Gasteiger partial charge in [0.15, 0.2) is 11.9 Å². The Morgan fingerprint density at radius 3 is 2.57 bits per heavy atom. The molecule has 3 rings (SSSR count). The molecule has 23 heavy (non-hydrogen) atoms. The molecule has 0 saturated carbocycles. The topological polar surface area (TPSA) is 81.8 Å². The van der Waals surface area contributed by atoms with Crippen molar-refractivity contribution in [2.45, 2.75) is 19.4 Å². The van der Waals surface area contributed by atoms with Gasteiger partial charge in [0.25, 0.3) is 0 Å². The number of hydrogen-bond acceptors (Lipinski definition) is 4. The molecule has 0 heterocycles. The summed E-state index contributed by atoms with van der Waals surface area (Å²) >= 11 is 0. The molecule has 1 unspecified atom stereocenters. The lowest BCUT2D eigenvalue weighted by Gasteiger charge is -2.15. The minimum absolute atomic E-state index is 0.380. The van der Waals surface area contributed by atoms with Gasteiger partial charge in [0.2, 0.25) is 0 Å². The van der Waals surface area contributed by atoms with Crippen LogP contribution in [-0.2, 0) is 4.79 Å². The standard InChI is InChI=1S/C18H17NO4/c1-2-16(18(20)21)22-13-8-7-12-9-11-5-3-4-6-14(11)17(23-19)15(12)10-13/h3-10,16H,2,19H2,1H3,(H,20,21). The first-order valence-electron chi connectivity index (χ1n) is 7.35. The Labute approximate surface area is 133 Å². The Bertz CT molecular complexity index is 875. The Morgan fingerprint density at radius 1 is 1.13 bits per heavy atom. The molecule has 0 saturated heterocycles. The van der Waals surface area contributed by atoms with E-state index in [4.69, 9.17) is 20.6 Å². The van der Waals surface area contributed by atoms with Crippen molar-refractivity contribution in [1.29, 1.82) is 0 Å². The van der Waals surface area contributed by atoms with Crippen LogP contribution < -0.4 is 15.5 Å². The van der Waals surface area contributed by atoms with Gasteiger partial charge < -0.3 is 14.7 Å². The lowest BCUT2D eigenvalue weighted by atomic mass is 10.0. The first-order chi connectivity index (χ1) is 11.1. The molecule has 0 fully saturated rings. The molecule has 3 N–H and O–H groups in total. The van der Waals surface area contributed by atoms with Crippen LogP contribution in [0.25, 0.3) is 21.5 Å². The Morgan fingerprint density at radius 2 is 1.87 bits per heavy atom. The molecule has 0 aliphatic carbocycles. The summed E-state index contributed by atoms with van der Waals surface area (Å²) in [7, 11) is 0. The van der Waals surface area contributed by atoms with Crippen molar-refractivity contribution < 1.29 is 19.5 Å². The normalized spacial score (nSPS) is 12.3.